The summed E-state index contributed by atoms with van der Waals surface area (Å²) in [6.07, 6.45) is 5.97. The fourth-order valence-corrected chi connectivity index (χ4v) is 3.37. The number of rotatable bonds is 14. The first-order chi connectivity index (χ1) is 16.3. The molecule has 1 N–H and O–H groups in total. The van der Waals surface area contributed by atoms with Crippen LogP contribution in [0.15, 0.2) is 78.9 Å². The number of hydrogen-bond donors (Lipinski definition) is 1. The first-order valence-electron chi connectivity index (χ1n) is 11.7. The zero-order chi connectivity index (χ0) is 23.1. The molecule has 3 aromatic rings. The fraction of sp³-hybridized carbons (Fsp3) is 0.321. The quantitative estimate of drug-likeness (QED) is 0.278. The maximum atomic E-state index is 12.9. The Hall–Kier alpha value is -3.47. The minimum Gasteiger partial charge on any atom is -0.494 e. The zero-order valence-corrected chi connectivity index (χ0v) is 19.3. The maximum absolute atomic E-state index is 12.9. The molecule has 5 heteroatoms. The van der Waals surface area contributed by atoms with E-state index in [-0.39, 0.29) is 5.91 Å². The van der Waals surface area contributed by atoms with Crippen molar-refractivity contribution >= 4 is 11.6 Å². The fourth-order valence-electron chi connectivity index (χ4n) is 3.37. The smallest absolute Gasteiger partial charge is 0.259 e. The van der Waals surface area contributed by atoms with E-state index < -0.39 is 0 Å². The standard InChI is InChI=1S/C28H33NO4/c1-2-3-4-5-11-19-31-25-16-12-13-23(22-25)29-28(30)26-17-9-10-18-27(26)33-21-20-32-24-14-7-6-8-15-24/h6-10,12-18,22H,2-5,11,19-21H2,1H3,(H,29,30). The minimum atomic E-state index is -0.230. The molecule has 0 aliphatic heterocycles. The third-order valence-corrected chi connectivity index (χ3v) is 5.09. The molecule has 0 spiro atoms. The van der Waals surface area contributed by atoms with E-state index in [0.717, 1.165) is 17.9 Å². The van der Waals surface area contributed by atoms with Crippen LogP contribution in [0.25, 0.3) is 0 Å². The van der Waals surface area contributed by atoms with E-state index in [1.165, 1.54) is 25.7 Å². The molecule has 0 bridgehead atoms. The van der Waals surface area contributed by atoms with Crippen molar-refractivity contribution in [3.63, 3.8) is 0 Å². The summed E-state index contributed by atoms with van der Waals surface area (Å²) >= 11 is 0. The Kier molecular flexibility index (Phi) is 10.1. The molecule has 3 aromatic carbocycles. The van der Waals surface area contributed by atoms with Gasteiger partial charge in [-0.3, -0.25) is 4.79 Å². The largest absolute Gasteiger partial charge is 0.494 e. The second-order valence-electron chi connectivity index (χ2n) is 7.75. The second-order valence-corrected chi connectivity index (χ2v) is 7.75. The Labute approximate surface area is 196 Å². The summed E-state index contributed by atoms with van der Waals surface area (Å²) in [5.41, 5.74) is 1.16. The summed E-state index contributed by atoms with van der Waals surface area (Å²) in [5, 5.41) is 2.94. The Balaban J connectivity index is 1.49. The van der Waals surface area contributed by atoms with Gasteiger partial charge in [0.2, 0.25) is 0 Å². The highest BCUT2D eigenvalue weighted by Gasteiger charge is 2.13. The molecule has 1 amide bonds. The molecule has 0 aromatic heterocycles. The highest BCUT2D eigenvalue weighted by atomic mass is 16.5. The molecule has 0 aliphatic carbocycles. The Morgan fingerprint density at radius 1 is 0.697 bits per heavy atom. The van der Waals surface area contributed by atoms with Crippen molar-refractivity contribution in [2.75, 3.05) is 25.1 Å². The monoisotopic (exact) mass is 447 g/mol. The number of ether oxygens (including phenoxy) is 3. The van der Waals surface area contributed by atoms with Gasteiger partial charge in [0.25, 0.3) is 5.91 Å². The van der Waals surface area contributed by atoms with Gasteiger partial charge in [-0.2, -0.15) is 0 Å². The van der Waals surface area contributed by atoms with E-state index in [0.29, 0.717) is 36.8 Å². The Bertz CT molecular complexity index is 974. The van der Waals surface area contributed by atoms with Crippen molar-refractivity contribution in [2.24, 2.45) is 0 Å². The number of carbonyl (C=O) groups is 1. The van der Waals surface area contributed by atoms with Gasteiger partial charge in [-0.1, -0.05) is 69.0 Å². The van der Waals surface area contributed by atoms with Crippen molar-refractivity contribution in [2.45, 2.75) is 39.0 Å². The number of nitrogens with one attached hydrogen (secondary N) is 1. The molecular weight excluding hydrogens is 414 g/mol. The molecule has 0 atom stereocenters. The summed E-state index contributed by atoms with van der Waals surface area (Å²) in [6.45, 7) is 3.61. The van der Waals surface area contributed by atoms with Gasteiger partial charge in [0.05, 0.1) is 12.2 Å². The van der Waals surface area contributed by atoms with Gasteiger partial charge in [0, 0.05) is 11.8 Å². The molecule has 0 radical (unpaired) electrons. The first-order valence-corrected chi connectivity index (χ1v) is 11.7. The molecule has 0 saturated heterocycles. The van der Waals surface area contributed by atoms with Crippen LogP contribution in [0, 0.1) is 0 Å². The molecule has 0 unspecified atom stereocenters. The van der Waals surface area contributed by atoms with E-state index >= 15 is 0 Å². The molecule has 0 heterocycles. The lowest BCUT2D eigenvalue weighted by Crippen LogP contribution is -2.15. The SMILES string of the molecule is CCCCCCCOc1cccc(NC(=O)c2ccccc2OCCOc2ccccc2)c1. The summed E-state index contributed by atoms with van der Waals surface area (Å²) < 4.78 is 17.3. The maximum Gasteiger partial charge on any atom is 0.259 e. The predicted molar refractivity (Wildman–Crippen MR) is 133 cm³/mol. The number of amides is 1. The van der Waals surface area contributed by atoms with Gasteiger partial charge in [-0.05, 0) is 42.8 Å². The normalized spacial score (nSPS) is 10.5. The molecule has 0 fully saturated rings. The zero-order valence-electron chi connectivity index (χ0n) is 19.3. The van der Waals surface area contributed by atoms with Crippen LogP contribution >= 0.6 is 0 Å². The van der Waals surface area contributed by atoms with Gasteiger partial charge in [-0.25, -0.2) is 0 Å². The van der Waals surface area contributed by atoms with E-state index in [2.05, 4.69) is 12.2 Å². The van der Waals surface area contributed by atoms with Crippen LogP contribution < -0.4 is 19.5 Å². The van der Waals surface area contributed by atoms with Gasteiger partial charge >= 0.3 is 0 Å². The van der Waals surface area contributed by atoms with Gasteiger partial charge in [0.1, 0.15) is 30.5 Å². The predicted octanol–water partition coefficient (Wildman–Crippen LogP) is 6.75. The average Bonchev–Trinajstić information content (AvgIpc) is 2.85. The van der Waals surface area contributed by atoms with Crippen LogP contribution in [0.2, 0.25) is 0 Å². The van der Waals surface area contributed by atoms with Crippen LogP contribution in [0.5, 0.6) is 17.2 Å². The van der Waals surface area contributed by atoms with Crippen LogP contribution in [-0.4, -0.2) is 25.7 Å². The van der Waals surface area contributed by atoms with E-state index in [9.17, 15) is 4.79 Å². The topological polar surface area (TPSA) is 56.8 Å². The highest BCUT2D eigenvalue weighted by Crippen LogP contribution is 2.22. The summed E-state index contributed by atoms with van der Waals surface area (Å²) in [7, 11) is 0. The lowest BCUT2D eigenvalue weighted by Gasteiger charge is -2.13. The van der Waals surface area contributed by atoms with Gasteiger partial charge < -0.3 is 19.5 Å². The average molecular weight is 448 g/mol. The van der Waals surface area contributed by atoms with Crippen molar-refractivity contribution in [3.8, 4) is 17.2 Å². The second kappa shape index (κ2) is 13.8. The van der Waals surface area contributed by atoms with Crippen molar-refractivity contribution in [3.05, 3.63) is 84.4 Å². The summed E-state index contributed by atoms with van der Waals surface area (Å²) in [5.74, 6) is 1.83. The molecular formula is C28H33NO4. The Morgan fingerprint density at radius 3 is 2.24 bits per heavy atom. The summed E-state index contributed by atoms with van der Waals surface area (Å²) in [4.78, 5) is 12.9. The van der Waals surface area contributed by atoms with Gasteiger partial charge in [-0.15, -0.1) is 0 Å². The van der Waals surface area contributed by atoms with Crippen LogP contribution in [0.4, 0.5) is 5.69 Å². The molecule has 0 aliphatic rings. The lowest BCUT2D eigenvalue weighted by molar-refractivity contribution is 0.102. The molecule has 174 valence electrons. The summed E-state index contributed by atoms with van der Waals surface area (Å²) in [6, 6.07) is 24.3. The van der Waals surface area contributed by atoms with Crippen LogP contribution in [-0.2, 0) is 0 Å². The number of unbranched alkanes of at least 4 members (excludes halogenated alkanes) is 4. The van der Waals surface area contributed by atoms with Crippen molar-refractivity contribution < 1.29 is 19.0 Å². The van der Waals surface area contributed by atoms with Crippen LogP contribution in [0.1, 0.15) is 49.4 Å². The van der Waals surface area contributed by atoms with Crippen molar-refractivity contribution in [1.82, 2.24) is 0 Å². The number of anilines is 1. The number of para-hydroxylation sites is 2. The van der Waals surface area contributed by atoms with Crippen molar-refractivity contribution in [1.29, 1.82) is 0 Å². The molecule has 0 saturated carbocycles. The lowest BCUT2D eigenvalue weighted by atomic mass is 10.1. The third-order valence-electron chi connectivity index (χ3n) is 5.09. The molecule has 33 heavy (non-hydrogen) atoms. The third kappa shape index (κ3) is 8.53. The van der Waals surface area contributed by atoms with E-state index in [1.807, 2.05) is 66.7 Å². The Morgan fingerprint density at radius 2 is 1.39 bits per heavy atom. The number of hydrogen-bond acceptors (Lipinski definition) is 4. The number of carbonyl (C=O) groups excluding carboxylic acids is 1. The minimum absolute atomic E-state index is 0.230. The van der Waals surface area contributed by atoms with Crippen LogP contribution in [0.3, 0.4) is 0 Å². The molecule has 5 nitrogen and oxygen atoms in total. The highest BCUT2D eigenvalue weighted by molar-refractivity contribution is 6.06. The number of benzene rings is 3. The van der Waals surface area contributed by atoms with E-state index in [1.54, 1.807) is 12.1 Å². The van der Waals surface area contributed by atoms with E-state index in [4.69, 9.17) is 14.2 Å². The molecule has 3 rings (SSSR count). The van der Waals surface area contributed by atoms with Gasteiger partial charge in [0.15, 0.2) is 0 Å². The first kappa shape index (κ1) is 24.2.